The molecule has 10 heteroatoms. The SMILES string of the molecule is CCOC(=O)C1=C(c2ccccc2)N=c2s/c(=C/c3ccc(-c4cccc(C(=O)OCC)c4)o3)c(=O)n2[C@H]1c1ccccc1OC(C)C. The van der Waals surface area contributed by atoms with Gasteiger partial charge in [0.1, 0.15) is 23.3 Å². The Morgan fingerprint density at radius 2 is 1.60 bits per heavy atom. The average molecular weight is 663 g/mol. The summed E-state index contributed by atoms with van der Waals surface area (Å²) >= 11 is 1.20. The zero-order valence-electron chi connectivity index (χ0n) is 27.0. The van der Waals surface area contributed by atoms with Crippen LogP contribution in [0.2, 0.25) is 0 Å². The lowest BCUT2D eigenvalue weighted by molar-refractivity contribution is -0.138. The molecule has 2 aromatic heterocycles. The van der Waals surface area contributed by atoms with Gasteiger partial charge in [0.15, 0.2) is 4.80 Å². The molecule has 6 rings (SSSR count). The van der Waals surface area contributed by atoms with Gasteiger partial charge >= 0.3 is 11.9 Å². The number of carbonyl (C=O) groups is 2. The molecule has 0 saturated carbocycles. The summed E-state index contributed by atoms with van der Waals surface area (Å²) in [6.07, 6.45) is 1.50. The molecule has 1 aliphatic heterocycles. The highest BCUT2D eigenvalue weighted by molar-refractivity contribution is 7.07. The lowest BCUT2D eigenvalue weighted by Gasteiger charge is -2.27. The van der Waals surface area contributed by atoms with Gasteiger partial charge in [0.25, 0.3) is 5.56 Å². The fourth-order valence-corrected chi connectivity index (χ4v) is 6.51. The molecule has 0 radical (unpaired) electrons. The Morgan fingerprint density at radius 3 is 2.35 bits per heavy atom. The van der Waals surface area contributed by atoms with Crippen LogP contribution in [-0.2, 0) is 14.3 Å². The zero-order chi connectivity index (χ0) is 33.8. The molecule has 0 spiro atoms. The molecule has 9 nitrogen and oxygen atoms in total. The van der Waals surface area contributed by atoms with Gasteiger partial charge in [-0.05, 0) is 58.0 Å². The largest absolute Gasteiger partial charge is 0.491 e. The second-order valence-electron chi connectivity index (χ2n) is 11.1. The minimum atomic E-state index is -0.884. The third-order valence-electron chi connectivity index (χ3n) is 7.51. The highest BCUT2D eigenvalue weighted by Crippen LogP contribution is 2.39. The summed E-state index contributed by atoms with van der Waals surface area (Å²) in [5.41, 5.74) is 2.76. The molecule has 5 aromatic rings. The van der Waals surface area contributed by atoms with Crippen LogP contribution in [0.15, 0.2) is 111 Å². The van der Waals surface area contributed by atoms with Crippen molar-refractivity contribution in [3.05, 3.63) is 139 Å². The normalized spacial score (nSPS) is 14.4. The summed E-state index contributed by atoms with van der Waals surface area (Å²) in [4.78, 5) is 45.8. The van der Waals surface area contributed by atoms with E-state index >= 15 is 0 Å². The number of para-hydroxylation sites is 1. The van der Waals surface area contributed by atoms with Crippen LogP contribution in [0.1, 0.15) is 61.0 Å². The number of furan rings is 1. The van der Waals surface area contributed by atoms with Gasteiger partial charge in [-0.15, -0.1) is 0 Å². The third kappa shape index (κ3) is 6.52. The Morgan fingerprint density at radius 1 is 0.896 bits per heavy atom. The number of benzene rings is 3. The van der Waals surface area contributed by atoms with Gasteiger partial charge in [0.05, 0.1) is 40.7 Å². The minimum absolute atomic E-state index is 0.148. The van der Waals surface area contributed by atoms with Crippen molar-refractivity contribution in [2.45, 2.75) is 39.8 Å². The molecule has 1 aliphatic rings. The van der Waals surface area contributed by atoms with E-state index in [0.717, 1.165) is 0 Å². The van der Waals surface area contributed by atoms with Gasteiger partial charge in [0.2, 0.25) is 0 Å². The molecule has 3 aromatic carbocycles. The molecule has 0 fully saturated rings. The summed E-state index contributed by atoms with van der Waals surface area (Å²) in [7, 11) is 0. The molecule has 0 unspecified atom stereocenters. The fraction of sp³-hybridized carbons (Fsp3) is 0.211. The van der Waals surface area contributed by atoms with Crippen molar-refractivity contribution in [1.82, 2.24) is 4.57 Å². The molecule has 0 saturated heterocycles. The van der Waals surface area contributed by atoms with E-state index in [0.29, 0.717) is 54.6 Å². The maximum atomic E-state index is 14.3. The van der Waals surface area contributed by atoms with E-state index in [1.807, 2.05) is 74.5 Å². The number of carbonyl (C=O) groups excluding carboxylic acids is 2. The van der Waals surface area contributed by atoms with Gasteiger partial charge in [-0.2, -0.15) is 0 Å². The molecule has 0 bridgehead atoms. The quantitative estimate of drug-likeness (QED) is 0.165. The summed E-state index contributed by atoms with van der Waals surface area (Å²) < 4.78 is 24.9. The van der Waals surface area contributed by atoms with E-state index < -0.39 is 18.0 Å². The molecule has 0 amide bonds. The van der Waals surface area contributed by atoms with Gasteiger partial charge < -0.3 is 18.6 Å². The molecule has 1 atom stereocenters. The topological polar surface area (TPSA) is 109 Å². The Bertz CT molecular complexity index is 2190. The van der Waals surface area contributed by atoms with E-state index in [1.165, 1.54) is 15.9 Å². The van der Waals surface area contributed by atoms with E-state index in [1.54, 1.807) is 50.3 Å². The predicted molar refractivity (Wildman–Crippen MR) is 183 cm³/mol. The monoisotopic (exact) mass is 662 g/mol. The van der Waals surface area contributed by atoms with Crippen molar-refractivity contribution in [2.75, 3.05) is 13.2 Å². The van der Waals surface area contributed by atoms with Gasteiger partial charge in [-0.1, -0.05) is 72.0 Å². The number of thiazole rings is 1. The maximum Gasteiger partial charge on any atom is 0.338 e. The number of hydrogen-bond acceptors (Lipinski definition) is 9. The second-order valence-corrected chi connectivity index (χ2v) is 12.1. The Labute approximate surface area is 281 Å². The number of aromatic nitrogens is 1. The molecule has 0 aliphatic carbocycles. The lowest BCUT2D eigenvalue weighted by atomic mass is 9.92. The molecule has 3 heterocycles. The smallest absolute Gasteiger partial charge is 0.338 e. The van der Waals surface area contributed by atoms with Gasteiger partial charge in [0, 0.05) is 22.8 Å². The van der Waals surface area contributed by atoms with Crippen LogP contribution in [0.4, 0.5) is 0 Å². The summed E-state index contributed by atoms with van der Waals surface area (Å²) in [6, 6.07) is 26.4. The first kappa shape index (κ1) is 32.5. The van der Waals surface area contributed by atoms with Crippen LogP contribution in [0.25, 0.3) is 23.1 Å². The summed E-state index contributed by atoms with van der Waals surface area (Å²) in [6.45, 7) is 7.76. The first-order valence-electron chi connectivity index (χ1n) is 15.7. The van der Waals surface area contributed by atoms with E-state index in [4.69, 9.17) is 23.6 Å². The first-order chi connectivity index (χ1) is 23.3. The lowest BCUT2D eigenvalue weighted by Crippen LogP contribution is -2.40. The van der Waals surface area contributed by atoms with Crippen molar-refractivity contribution < 1.29 is 28.2 Å². The van der Waals surface area contributed by atoms with E-state index in [-0.39, 0.29) is 30.5 Å². The van der Waals surface area contributed by atoms with Crippen LogP contribution in [0, 0.1) is 0 Å². The molecule has 0 N–H and O–H groups in total. The van der Waals surface area contributed by atoms with Crippen molar-refractivity contribution in [3.63, 3.8) is 0 Å². The number of nitrogens with zero attached hydrogens (tertiary/aromatic N) is 2. The zero-order valence-corrected chi connectivity index (χ0v) is 27.8. The van der Waals surface area contributed by atoms with Crippen LogP contribution in [0.5, 0.6) is 5.75 Å². The number of rotatable bonds is 10. The van der Waals surface area contributed by atoms with Crippen molar-refractivity contribution in [2.24, 2.45) is 4.99 Å². The number of fused-ring (bicyclic) bond motifs is 1. The predicted octanol–water partition coefficient (Wildman–Crippen LogP) is 6.16. The second kappa shape index (κ2) is 14.1. The standard InChI is InChI=1S/C38H34N2O7S/c1-5-44-36(42)26-16-12-15-25(21-26)29-20-19-27(47-29)22-31-35(41)40-34(28-17-10-11-18-30(28)46-23(3)4)32(37(43)45-6-2)33(39-38(40)48-31)24-13-8-7-9-14-24/h7-23,34H,5-6H2,1-4H3/b31-22+/t34-/m0/s1. The average Bonchev–Trinajstić information content (AvgIpc) is 3.68. The van der Waals surface area contributed by atoms with Crippen molar-refractivity contribution >= 4 is 35.0 Å². The minimum Gasteiger partial charge on any atom is -0.491 e. The van der Waals surface area contributed by atoms with Crippen LogP contribution in [0.3, 0.4) is 0 Å². The Hall–Kier alpha value is -5.48. The highest BCUT2D eigenvalue weighted by atomic mass is 32.1. The van der Waals surface area contributed by atoms with Crippen LogP contribution < -0.4 is 19.6 Å². The third-order valence-corrected chi connectivity index (χ3v) is 8.49. The van der Waals surface area contributed by atoms with E-state index in [9.17, 15) is 14.4 Å². The van der Waals surface area contributed by atoms with E-state index in [2.05, 4.69) is 0 Å². The fourth-order valence-electron chi connectivity index (χ4n) is 5.53. The number of ether oxygens (including phenoxy) is 3. The Balaban J connectivity index is 1.53. The van der Waals surface area contributed by atoms with Crippen molar-refractivity contribution in [3.8, 4) is 17.1 Å². The van der Waals surface area contributed by atoms with Crippen molar-refractivity contribution in [1.29, 1.82) is 0 Å². The highest BCUT2D eigenvalue weighted by Gasteiger charge is 2.36. The van der Waals surface area contributed by atoms with Gasteiger partial charge in [-0.3, -0.25) is 9.36 Å². The maximum absolute atomic E-state index is 14.3. The summed E-state index contributed by atoms with van der Waals surface area (Å²) in [5, 5.41) is 0. The van der Waals surface area contributed by atoms with Crippen LogP contribution in [-0.4, -0.2) is 35.8 Å². The molecule has 48 heavy (non-hydrogen) atoms. The van der Waals surface area contributed by atoms with Crippen LogP contribution >= 0.6 is 11.3 Å². The van der Waals surface area contributed by atoms with Gasteiger partial charge in [-0.25, -0.2) is 14.6 Å². The number of hydrogen-bond donors (Lipinski definition) is 0. The Kier molecular flexibility index (Phi) is 9.54. The molecule has 244 valence electrons. The molecular weight excluding hydrogens is 628 g/mol. The summed E-state index contributed by atoms with van der Waals surface area (Å²) in [5.74, 6) is 0.515. The molecular formula is C38H34N2O7S. The number of esters is 2. The first-order valence-corrected chi connectivity index (χ1v) is 16.5.